The van der Waals surface area contributed by atoms with E-state index in [0.29, 0.717) is 12.2 Å². The lowest BCUT2D eigenvalue weighted by atomic mass is 9.75. The minimum absolute atomic E-state index is 0.479. The summed E-state index contributed by atoms with van der Waals surface area (Å²) in [5.74, 6) is -0.0463. The molecule has 0 saturated carbocycles. The first-order valence-corrected chi connectivity index (χ1v) is 7.73. The molecule has 21 heavy (non-hydrogen) atoms. The van der Waals surface area contributed by atoms with E-state index in [-0.39, 0.29) is 0 Å². The Balaban J connectivity index is 2.16. The van der Waals surface area contributed by atoms with Gasteiger partial charge in [-0.1, -0.05) is 24.6 Å². The van der Waals surface area contributed by atoms with E-state index in [4.69, 9.17) is 4.74 Å². The van der Waals surface area contributed by atoms with Gasteiger partial charge < -0.3 is 9.84 Å². The van der Waals surface area contributed by atoms with Crippen LogP contribution in [-0.2, 0) is 10.3 Å². The summed E-state index contributed by atoms with van der Waals surface area (Å²) in [6, 6.07) is 7.61. The van der Waals surface area contributed by atoms with Gasteiger partial charge in [0, 0.05) is 12.0 Å². The van der Waals surface area contributed by atoms with Gasteiger partial charge in [-0.3, -0.25) is 4.90 Å². The summed E-state index contributed by atoms with van der Waals surface area (Å²) in [7, 11) is 0. The fourth-order valence-corrected chi connectivity index (χ4v) is 3.83. The van der Waals surface area contributed by atoms with Crippen molar-refractivity contribution >= 4 is 5.97 Å². The number of aliphatic carboxylic acids is 1. The molecule has 4 heteroatoms. The first-order valence-electron chi connectivity index (χ1n) is 7.73. The number of fused-ring (bicyclic) bond motifs is 1. The van der Waals surface area contributed by atoms with Crippen LogP contribution in [0.2, 0.25) is 0 Å². The number of hydrogen-bond donors (Lipinski definition) is 1. The maximum absolute atomic E-state index is 12.3. The van der Waals surface area contributed by atoms with Gasteiger partial charge in [0.15, 0.2) is 5.54 Å². The molecule has 1 N–H and O–H groups in total. The Labute approximate surface area is 125 Å². The van der Waals surface area contributed by atoms with E-state index in [1.54, 1.807) is 0 Å². The predicted octanol–water partition coefficient (Wildman–Crippen LogP) is 3.01. The van der Waals surface area contributed by atoms with Gasteiger partial charge in [0.1, 0.15) is 11.4 Å². The summed E-state index contributed by atoms with van der Waals surface area (Å²) in [5.41, 5.74) is -0.637. The van der Waals surface area contributed by atoms with E-state index in [2.05, 4.69) is 4.90 Å². The van der Waals surface area contributed by atoms with Gasteiger partial charge in [-0.05, 0) is 45.8 Å². The van der Waals surface area contributed by atoms with Gasteiger partial charge in [0.25, 0.3) is 0 Å². The Hall–Kier alpha value is -1.55. The largest absolute Gasteiger partial charge is 0.487 e. The summed E-state index contributed by atoms with van der Waals surface area (Å²) in [5, 5.41) is 10.1. The molecular weight excluding hydrogens is 266 g/mol. The summed E-state index contributed by atoms with van der Waals surface area (Å²) in [6.07, 6.45) is 3.80. The van der Waals surface area contributed by atoms with Crippen molar-refractivity contribution in [1.29, 1.82) is 0 Å². The lowest BCUT2D eigenvalue weighted by molar-refractivity contribution is -0.160. The summed E-state index contributed by atoms with van der Waals surface area (Å²) in [6.45, 7) is 5.64. The van der Waals surface area contributed by atoms with Gasteiger partial charge in [0.05, 0.1) is 0 Å². The molecule has 0 aliphatic carbocycles. The van der Waals surface area contributed by atoms with Crippen LogP contribution in [0.15, 0.2) is 24.3 Å². The van der Waals surface area contributed by atoms with E-state index in [9.17, 15) is 9.90 Å². The number of rotatable bonds is 2. The molecule has 1 fully saturated rings. The van der Waals surface area contributed by atoms with Crippen LogP contribution in [0.25, 0.3) is 0 Å². The molecule has 0 amide bonds. The molecule has 1 aromatic carbocycles. The van der Waals surface area contributed by atoms with Crippen LogP contribution in [0.4, 0.5) is 0 Å². The highest BCUT2D eigenvalue weighted by molar-refractivity contribution is 5.82. The van der Waals surface area contributed by atoms with E-state index in [1.165, 1.54) is 6.42 Å². The fourth-order valence-electron chi connectivity index (χ4n) is 3.83. The number of carbonyl (C=O) groups is 1. The van der Waals surface area contributed by atoms with E-state index in [0.717, 1.165) is 31.5 Å². The minimum atomic E-state index is -0.960. The predicted molar refractivity (Wildman–Crippen MR) is 80.5 cm³/mol. The third-order valence-electron chi connectivity index (χ3n) is 4.65. The highest BCUT2D eigenvalue weighted by atomic mass is 16.5. The molecule has 3 rings (SSSR count). The molecule has 0 bridgehead atoms. The number of carboxylic acids is 1. The smallest absolute Gasteiger partial charge is 0.329 e. The molecule has 0 aromatic heterocycles. The SMILES string of the molecule is CC1(C)CC(C(=O)O)(N2CCCCC2)c2ccccc2O1. The number of likely N-dealkylation sites (tertiary alicyclic amines) is 1. The Morgan fingerprint density at radius 3 is 2.52 bits per heavy atom. The van der Waals surface area contributed by atoms with Crippen LogP contribution in [0.1, 0.15) is 45.1 Å². The lowest BCUT2D eigenvalue weighted by Crippen LogP contribution is -2.59. The monoisotopic (exact) mass is 289 g/mol. The summed E-state index contributed by atoms with van der Waals surface area (Å²) in [4.78, 5) is 14.5. The Morgan fingerprint density at radius 1 is 1.19 bits per heavy atom. The molecule has 1 atom stereocenters. The van der Waals surface area contributed by atoms with Crippen molar-refractivity contribution in [3.05, 3.63) is 29.8 Å². The van der Waals surface area contributed by atoms with Crippen LogP contribution in [0.3, 0.4) is 0 Å². The summed E-state index contributed by atoms with van der Waals surface area (Å²) >= 11 is 0. The molecule has 1 saturated heterocycles. The second-order valence-electron chi connectivity index (χ2n) is 6.75. The average Bonchev–Trinajstić information content (AvgIpc) is 2.46. The molecular formula is C17H23NO3. The fraction of sp³-hybridized carbons (Fsp3) is 0.588. The van der Waals surface area contributed by atoms with Crippen molar-refractivity contribution in [2.45, 2.75) is 50.7 Å². The van der Waals surface area contributed by atoms with E-state index in [1.807, 2.05) is 38.1 Å². The average molecular weight is 289 g/mol. The number of hydrogen-bond acceptors (Lipinski definition) is 3. The quantitative estimate of drug-likeness (QED) is 0.909. The van der Waals surface area contributed by atoms with Crippen LogP contribution in [0.5, 0.6) is 5.75 Å². The molecule has 1 unspecified atom stereocenters. The third kappa shape index (κ3) is 2.31. The maximum Gasteiger partial charge on any atom is 0.329 e. The number of para-hydroxylation sites is 1. The zero-order chi connectivity index (χ0) is 15.1. The first kappa shape index (κ1) is 14.4. The van der Waals surface area contributed by atoms with Crippen LogP contribution < -0.4 is 4.74 Å². The minimum Gasteiger partial charge on any atom is -0.487 e. The van der Waals surface area contributed by atoms with E-state index >= 15 is 0 Å². The number of piperidine rings is 1. The molecule has 0 radical (unpaired) electrons. The van der Waals surface area contributed by atoms with Crippen molar-refractivity contribution in [3.8, 4) is 5.75 Å². The molecule has 2 heterocycles. The Bertz CT molecular complexity index is 549. The zero-order valence-corrected chi connectivity index (χ0v) is 12.8. The zero-order valence-electron chi connectivity index (χ0n) is 12.8. The molecule has 1 aromatic rings. The van der Waals surface area contributed by atoms with Gasteiger partial charge in [-0.15, -0.1) is 0 Å². The normalized spacial score (nSPS) is 28.5. The van der Waals surface area contributed by atoms with Crippen molar-refractivity contribution in [2.75, 3.05) is 13.1 Å². The standard InChI is InChI=1S/C17H23NO3/c1-16(2)12-17(15(19)20,18-10-6-3-7-11-18)13-8-4-5-9-14(13)21-16/h4-5,8-9H,3,6-7,10-12H2,1-2H3,(H,19,20). The highest BCUT2D eigenvalue weighted by Gasteiger charge is 2.54. The second kappa shape index (κ2) is 5.02. The topological polar surface area (TPSA) is 49.8 Å². The van der Waals surface area contributed by atoms with Crippen LogP contribution >= 0.6 is 0 Å². The van der Waals surface area contributed by atoms with Crippen molar-refractivity contribution < 1.29 is 14.6 Å². The van der Waals surface area contributed by atoms with E-state index < -0.39 is 17.1 Å². The first-order chi connectivity index (χ1) is 9.96. The molecule has 4 nitrogen and oxygen atoms in total. The number of ether oxygens (including phenoxy) is 1. The van der Waals surface area contributed by atoms with Gasteiger partial charge in [0.2, 0.25) is 0 Å². The lowest BCUT2D eigenvalue weighted by Gasteiger charge is -2.50. The van der Waals surface area contributed by atoms with Crippen molar-refractivity contribution in [3.63, 3.8) is 0 Å². The Kier molecular flexibility index (Phi) is 3.44. The molecule has 2 aliphatic heterocycles. The van der Waals surface area contributed by atoms with Gasteiger partial charge in [-0.25, -0.2) is 4.79 Å². The third-order valence-corrected chi connectivity index (χ3v) is 4.65. The van der Waals surface area contributed by atoms with Gasteiger partial charge in [-0.2, -0.15) is 0 Å². The Morgan fingerprint density at radius 2 is 1.86 bits per heavy atom. The van der Waals surface area contributed by atoms with Crippen molar-refractivity contribution in [1.82, 2.24) is 4.90 Å². The van der Waals surface area contributed by atoms with Gasteiger partial charge >= 0.3 is 5.97 Å². The van der Waals surface area contributed by atoms with Crippen LogP contribution in [0, 0.1) is 0 Å². The molecule has 2 aliphatic rings. The highest BCUT2D eigenvalue weighted by Crippen LogP contribution is 2.47. The summed E-state index contributed by atoms with van der Waals surface area (Å²) < 4.78 is 6.03. The molecule has 0 spiro atoms. The second-order valence-corrected chi connectivity index (χ2v) is 6.75. The molecule has 114 valence electrons. The maximum atomic E-state index is 12.3. The number of nitrogens with zero attached hydrogens (tertiary/aromatic N) is 1. The number of benzene rings is 1. The van der Waals surface area contributed by atoms with Crippen molar-refractivity contribution in [2.24, 2.45) is 0 Å². The van der Waals surface area contributed by atoms with Crippen LogP contribution in [-0.4, -0.2) is 34.7 Å². The number of carboxylic acid groups (broad SMARTS) is 1.